The van der Waals surface area contributed by atoms with Crippen molar-refractivity contribution >= 4 is 22.4 Å². The summed E-state index contributed by atoms with van der Waals surface area (Å²) in [5.74, 6) is 0.665. The van der Waals surface area contributed by atoms with Crippen molar-refractivity contribution in [1.82, 2.24) is 25.2 Å². The minimum atomic E-state index is -0.0969. The van der Waals surface area contributed by atoms with Crippen molar-refractivity contribution in [2.45, 2.75) is 25.3 Å². The lowest BCUT2D eigenvalue weighted by Crippen LogP contribution is -2.20. The Hall–Kier alpha value is -4.26. The van der Waals surface area contributed by atoms with Crippen molar-refractivity contribution in [2.24, 2.45) is 0 Å². The largest absolute Gasteiger partial charge is 0.346 e. The van der Waals surface area contributed by atoms with Crippen LogP contribution < -0.4 is 5.32 Å². The standard InChI is InChI=1S/C26H24N6O/c33-26(27-21-13-10-19(11-14-21)12-15-25-28-30-31-29-25)18-24(32-16-3-4-17-32)23-9-5-7-20-6-1-2-8-22(20)23/h1-11,13-14,16-17,24H,12,15,18H2,(H,27,33)(H,28,29,30,31). The Morgan fingerprint density at radius 1 is 0.909 bits per heavy atom. The molecule has 7 nitrogen and oxygen atoms in total. The van der Waals surface area contributed by atoms with Gasteiger partial charge in [0.1, 0.15) is 0 Å². The van der Waals surface area contributed by atoms with E-state index in [1.807, 2.05) is 60.9 Å². The Kier molecular flexibility index (Phi) is 5.93. The molecule has 0 fully saturated rings. The number of fused-ring (bicyclic) bond motifs is 1. The highest BCUT2D eigenvalue weighted by Gasteiger charge is 2.19. The van der Waals surface area contributed by atoms with Crippen LogP contribution in [0.1, 0.15) is 29.4 Å². The number of carbonyl (C=O) groups is 1. The van der Waals surface area contributed by atoms with Crippen molar-refractivity contribution in [3.8, 4) is 0 Å². The first kappa shape index (κ1) is 20.6. The molecule has 2 N–H and O–H groups in total. The topological polar surface area (TPSA) is 88.5 Å². The van der Waals surface area contributed by atoms with Crippen molar-refractivity contribution in [3.05, 3.63) is 108 Å². The predicted octanol–water partition coefficient (Wildman–Crippen LogP) is 4.56. The van der Waals surface area contributed by atoms with Gasteiger partial charge in [-0.05, 0) is 52.6 Å². The lowest BCUT2D eigenvalue weighted by atomic mass is 9.96. The number of nitrogens with zero attached hydrogens (tertiary/aromatic N) is 4. The van der Waals surface area contributed by atoms with E-state index in [4.69, 9.17) is 0 Å². The maximum absolute atomic E-state index is 13.0. The van der Waals surface area contributed by atoms with Gasteiger partial charge in [0.15, 0.2) is 5.82 Å². The number of carbonyl (C=O) groups excluding carboxylic acids is 1. The van der Waals surface area contributed by atoms with Gasteiger partial charge in [0.2, 0.25) is 5.91 Å². The number of H-pyrrole nitrogens is 1. The molecular formula is C26H24N6O. The van der Waals surface area contributed by atoms with Gasteiger partial charge in [0.25, 0.3) is 0 Å². The van der Waals surface area contributed by atoms with E-state index in [-0.39, 0.29) is 11.9 Å². The van der Waals surface area contributed by atoms with E-state index < -0.39 is 0 Å². The second-order valence-corrected chi connectivity index (χ2v) is 7.99. The van der Waals surface area contributed by atoms with Crippen LogP contribution in [0.4, 0.5) is 5.69 Å². The molecule has 5 aromatic rings. The van der Waals surface area contributed by atoms with Crippen molar-refractivity contribution in [1.29, 1.82) is 0 Å². The molecule has 0 aliphatic rings. The summed E-state index contributed by atoms with van der Waals surface area (Å²) in [7, 11) is 0. The Bertz CT molecular complexity index is 1320. The summed E-state index contributed by atoms with van der Waals surface area (Å²) >= 11 is 0. The third kappa shape index (κ3) is 4.82. The molecule has 7 heteroatoms. The number of rotatable bonds is 8. The summed E-state index contributed by atoms with van der Waals surface area (Å²) < 4.78 is 2.10. The number of amides is 1. The lowest BCUT2D eigenvalue weighted by Gasteiger charge is -2.21. The number of aromatic amines is 1. The van der Waals surface area contributed by atoms with Crippen LogP contribution in [0.5, 0.6) is 0 Å². The molecule has 2 aromatic heterocycles. The average molecular weight is 437 g/mol. The molecule has 0 aliphatic heterocycles. The molecule has 3 aromatic carbocycles. The monoisotopic (exact) mass is 436 g/mol. The number of benzene rings is 3. The number of tetrazole rings is 1. The fourth-order valence-corrected chi connectivity index (χ4v) is 4.16. The Labute approximate surface area is 191 Å². The molecule has 0 radical (unpaired) electrons. The van der Waals surface area contributed by atoms with E-state index >= 15 is 0 Å². The van der Waals surface area contributed by atoms with Crippen molar-refractivity contribution < 1.29 is 4.79 Å². The first-order valence-corrected chi connectivity index (χ1v) is 11.0. The third-order valence-electron chi connectivity index (χ3n) is 5.81. The minimum absolute atomic E-state index is 0.0267. The summed E-state index contributed by atoms with van der Waals surface area (Å²) in [6, 6.07) is 26.4. The zero-order chi connectivity index (χ0) is 22.5. The van der Waals surface area contributed by atoms with E-state index in [2.05, 4.69) is 60.8 Å². The molecule has 1 amide bonds. The quantitative estimate of drug-likeness (QED) is 0.373. The zero-order valence-corrected chi connectivity index (χ0v) is 18.1. The van der Waals surface area contributed by atoms with Gasteiger partial charge in [-0.2, -0.15) is 5.21 Å². The number of aryl methyl sites for hydroxylation is 2. The van der Waals surface area contributed by atoms with Crippen molar-refractivity contribution in [3.63, 3.8) is 0 Å². The van der Waals surface area contributed by atoms with E-state index in [9.17, 15) is 4.79 Å². The van der Waals surface area contributed by atoms with E-state index in [1.165, 1.54) is 5.39 Å². The first-order valence-electron chi connectivity index (χ1n) is 11.0. The van der Waals surface area contributed by atoms with Gasteiger partial charge >= 0.3 is 0 Å². The maximum atomic E-state index is 13.0. The molecule has 0 spiro atoms. The Balaban J connectivity index is 1.30. The van der Waals surface area contributed by atoms with Crippen LogP contribution in [0.2, 0.25) is 0 Å². The second-order valence-electron chi connectivity index (χ2n) is 7.99. The Morgan fingerprint density at radius 3 is 2.48 bits per heavy atom. The lowest BCUT2D eigenvalue weighted by molar-refractivity contribution is -0.116. The molecule has 1 atom stereocenters. The molecule has 33 heavy (non-hydrogen) atoms. The number of aromatic nitrogens is 5. The average Bonchev–Trinajstić information content (AvgIpc) is 3.56. The number of hydrogen-bond donors (Lipinski definition) is 2. The zero-order valence-electron chi connectivity index (χ0n) is 18.1. The summed E-state index contributed by atoms with van der Waals surface area (Å²) in [4.78, 5) is 13.0. The normalized spacial score (nSPS) is 12.0. The minimum Gasteiger partial charge on any atom is -0.346 e. The maximum Gasteiger partial charge on any atom is 0.226 e. The van der Waals surface area contributed by atoms with E-state index in [0.717, 1.165) is 28.6 Å². The fraction of sp³-hybridized carbons (Fsp3) is 0.154. The summed E-state index contributed by atoms with van der Waals surface area (Å²) in [6.45, 7) is 0. The summed E-state index contributed by atoms with van der Waals surface area (Å²) in [6.07, 6.45) is 5.88. The second kappa shape index (κ2) is 9.48. The smallest absolute Gasteiger partial charge is 0.226 e. The number of nitrogens with one attached hydrogen (secondary N) is 2. The molecule has 164 valence electrons. The van der Waals surface area contributed by atoms with Crippen LogP contribution in [0.25, 0.3) is 10.8 Å². The van der Waals surface area contributed by atoms with Gasteiger partial charge in [-0.3, -0.25) is 4.79 Å². The molecule has 5 rings (SSSR count). The third-order valence-corrected chi connectivity index (χ3v) is 5.81. The molecule has 1 unspecified atom stereocenters. The molecule has 0 saturated carbocycles. The first-order chi connectivity index (χ1) is 16.3. The molecule has 0 aliphatic carbocycles. The van der Waals surface area contributed by atoms with Gasteiger partial charge < -0.3 is 9.88 Å². The highest BCUT2D eigenvalue weighted by molar-refractivity contribution is 5.92. The molecule has 2 heterocycles. The van der Waals surface area contributed by atoms with Crippen LogP contribution in [-0.4, -0.2) is 31.1 Å². The predicted molar refractivity (Wildman–Crippen MR) is 128 cm³/mol. The number of anilines is 1. The molecule has 0 saturated heterocycles. The summed E-state index contributed by atoms with van der Waals surface area (Å²) in [5, 5.41) is 19.4. The van der Waals surface area contributed by atoms with Gasteiger partial charge in [-0.15, -0.1) is 10.2 Å². The summed E-state index contributed by atoms with van der Waals surface area (Å²) in [5.41, 5.74) is 3.07. The van der Waals surface area contributed by atoms with Crippen molar-refractivity contribution in [2.75, 3.05) is 5.32 Å². The van der Waals surface area contributed by atoms with Gasteiger partial charge in [-0.25, -0.2) is 0 Å². The van der Waals surface area contributed by atoms with E-state index in [1.54, 1.807) is 0 Å². The van der Waals surface area contributed by atoms with Crippen LogP contribution in [0.15, 0.2) is 91.3 Å². The van der Waals surface area contributed by atoms with Gasteiger partial charge in [0.05, 0.1) is 12.5 Å². The van der Waals surface area contributed by atoms with E-state index in [0.29, 0.717) is 18.7 Å². The van der Waals surface area contributed by atoms with Gasteiger partial charge in [-0.1, -0.05) is 59.8 Å². The van der Waals surface area contributed by atoms with Crippen LogP contribution in [0.3, 0.4) is 0 Å². The molecular weight excluding hydrogens is 412 g/mol. The molecule has 0 bridgehead atoms. The fourth-order valence-electron chi connectivity index (χ4n) is 4.16. The SMILES string of the molecule is O=C(CC(c1cccc2ccccc12)n1cccc1)Nc1ccc(CCc2nn[nH]n2)cc1. The Morgan fingerprint density at radius 2 is 1.70 bits per heavy atom. The number of hydrogen-bond acceptors (Lipinski definition) is 4. The highest BCUT2D eigenvalue weighted by Crippen LogP contribution is 2.30. The highest BCUT2D eigenvalue weighted by atomic mass is 16.1. The van der Waals surface area contributed by atoms with Gasteiger partial charge in [0, 0.05) is 24.5 Å². The van der Waals surface area contributed by atoms with Crippen LogP contribution in [-0.2, 0) is 17.6 Å². The van der Waals surface area contributed by atoms with Crippen LogP contribution in [0, 0.1) is 0 Å². The van der Waals surface area contributed by atoms with Crippen LogP contribution >= 0.6 is 0 Å².